The van der Waals surface area contributed by atoms with Crippen LogP contribution in [0.2, 0.25) is 0 Å². The molecule has 0 spiro atoms. The number of phenols is 2. The zero-order valence-electron chi connectivity index (χ0n) is 8.95. The van der Waals surface area contributed by atoms with Gasteiger partial charge in [0.15, 0.2) is 0 Å². The van der Waals surface area contributed by atoms with Gasteiger partial charge < -0.3 is 10.2 Å². The SMILES string of the molecule is Oc1ccc(O)c(CC2CCCCC2)c1. The van der Waals surface area contributed by atoms with Crippen molar-refractivity contribution in [2.24, 2.45) is 5.92 Å². The molecule has 2 rings (SSSR count). The van der Waals surface area contributed by atoms with E-state index in [4.69, 9.17) is 0 Å². The molecule has 0 bridgehead atoms. The van der Waals surface area contributed by atoms with Crippen molar-refractivity contribution in [1.29, 1.82) is 0 Å². The summed E-state index contributed by atoms with van der Waals surface area (Å²) in [5, 5.41) is 19.0. The minimum absolute atomic E-state index is 0.249. The lowest BCUT2D eigenvalue weighted by molar-refractivity contribution is 0.350. The molecule has 2 nitrogen and oxygen atoms in total. The van der Waals surface area contributed by atoms with E-state index in [1.807, 2.05) is 0 Å². The van der Waals surface area contributed by atoms with E-state index in [1.165, 1.54) is 38.2 Å². The van der Waals surface area contributed by atoms with Crippen molar-refractivity contribution < 1.29 is 10.2 Å². The van der Waals surface area contributed by atoms with E-state index < -0.39 is 0 Å². The minimum atomic E-state index is 0.249. The molecule has 0 unspecified atom stereocenters. The largest absolute Gasteiger partial charge is 0.508 e. The Bertz CT molecular complexity index is 327. The minimum Gasteiger partial charge on any atom is -0.508 e. The first-order valence-corrected chi connectivity index (χ1v) is 5.76. The fourth-order valence-corrected chi connectivity index (χ4v) is 2.44. The molecule has 15 heavy (non-hydrogen) atoms. The molecular formula is C13H18O2. The van der Waals surface area contributed by atoms with Crippen LogP contribution in [0.5, 0.6) is 11.5 Å². The average molecular weight is 206 g/mol. The molecule has 0 aromatic heterocycles. The first-order chi connectivity index (χ1) is 7.25. The van der Waals surface area contributed by atoms with E-state index in [0.29, 0.717) is 11.7 Å². The van der Waals surface area contributed by atoms with E-state index in [1.54, 1.807) is 12.1 Å². The first-order valence-electron chi connectivity index (χ1n) is 5.76. The molecule has 2 N–H and O–H groups in total. The molecule has 1 aromatic carbocycles. The molecule has 0 saturated heterocycles. The maximum Gasteiger partial charge on any atom is 0.119 e. The molecule has 0 aliphatic heterocycles. The van der Waals surface area contributed by atoms with Crippen LogP contribution in [-0.4, -0.2) is 10.2 Å². The highest BCUT2D eigenvalue weighted by molar-refractivity contribution is 5.38. The van der Waals surface area contributed by atoms with Gasteiger partial charge in [-0.25, -0.2) is 0 Å². The number of hydrogen-bond acceptors (Lipinski definition) is 2. The zero-order valence-corrected chi connectivity index (χ0v) is 8.95. The Labute approximate surface area is 90.6 Å². The van der Waals surface area contributed by atoms with Gasteiger partial charge in [0, 0.05) is 0 Å². The van der Waals surface area contributed by atoms with Crippen molar-refractivity contribution in [3.63, 3.8) is 0 Å². The lowest BCUT2D eigenvalue weighted by Crippen LogP contribution is -2.09. The van der Waals surface area contributed by atoms with E-state index >= 15 is 0 Å². The Morgan fingerprint density at radius 2 is 1.80 bits per heavy atom. The van der Waals surface area contributed by atoms with Crippen LogP contribution in [0.1, 0.15) is 37.7 Å². The molecule has 0 heterocycles. The van der Waals surface area contributed by atoms with Crippen molar-refractivity contribution in [3.05, 3.63) is 23.8 Å². The van der Waals surface area contributed by atoms with Gasteiger partial charge in [-0.1, -0.05) is 32.1 Å². The summed E-state index contributed by atoms with van der Waals surface area (Å²) in [5.74, 6) is 1.25. The van der Waals surface area contributed by atoms with Crippen LogP contribution >= 0.6 is 0 Å². The summed E-state index contributed by atoms with van der Waals surface area (Å²) in [6.45, 7) is 0. The molecule has 82 valence electrons. The summed E-state index contributed by atoms with van der Waals surface area (Å²) in [6.07, 6.45) is 7.39. The normalized spacial score (nSPS) is 17.9. The number of hydrogen-bond donors (Lipinski definition) is 2. The quantitative estimate of drug-likeness (QED) is 0.729. The summed E-state index contributed by atoms with van der Waals surface area (Å²) in [4.78, 5) is 0. The predicted molar refractivity (Wildman–Crippen MR) is 60.1 cm³/mol. The summed E-state index contributed by atoms with van der Waals surface area (Å²) in [5.41, 5.74) is 0.891. The van der Waals surface area contributed by atoms with Crippen LogP contribution in [0, 0.1) is 5.92 Å². The number of rotatable bonds is 2. The topological polar surface area (TPSA) is 40.5 Å². The molecule has 1 fully saturated rings. The van der Waals surface area contributed by atoms with Crippen LogP contribution in [-0.2, 0) is 6.42 Å². The van der Waals surface area contributed by atoms with Gasteiger partial charge in [-0.3, -0.25) is 0 Å². The maximum atomic E-state index is 9.65. The van der Waals surface area contributed by atoms with Crippen molar-refractivity contribution in [3.8, 4) is 11.5 Å². The van der Waals surface area contributed by atoms with Crippen molar-refractivity contribution in [2.75, 3.05) is 0 Å². The second kappa shape index (κ2) is 4.56. The summed E-state index contributed by atoms with van der Waals surface area (Å²) >= 11 is 0. The maximum absolute atomic E-state index is 9.65. The summed E-state index contributed by atoms with van der Waals surface area (Å²) in [6, 6.07) is 4.79. The van der Waals surface area contributed by atoms with Crippen LogP contribution in [0.15, 0.2) is 18.2 Å². The van der Waals surface area contributed by atoms with Gasteiger partial charge in [0.25, 0.3) is 0 Å². The van der Waals surface area contributed by atoms with Crippen molar-refractivity contribution in [1.82, 2.24) is 0 Å². The molecule has 2 heteroatoms. The summed E-state index contributed by atoms with van der Waals surface area (Å²) in [7, 11) is 0. The Balaban J connectivity index is 2.05. The van der Waals surface area contributed by atoms with Crippen molar-refractivity contribution >= 4 is 0 Å². The van der Waals surface area contributed by atoms with Gasteiger partial charge in [0.1, 0.15) is 11.5 Å². The molecule has 0 radical (unpaired) electrons. The second-order valence-corrected chi connectivity index (χ2v) is 4.52. The molecule has 1 saturated carbocycles. The Kier molecular flexibility index (Phi) is 3.14. The highest BCUT2D eigenvalue weighted by Crippen LogP contribution is 2.31. The third kappa shape index (κ3) is 2.65. The van der Waals surface area contributed by atoms with Gasteiger partial charge in [-0.2, -0.15) is 0 Å². The predicted octanol–water partition coefficient (Wildman–Crippen LogP) is 3.22. The molecule has 0 amide bonds. The number of phenolic OH excluding ortho intramolecular Hbond substituents is 2. The van der Waals surface area contributed by atoms with Crippen LogP contribution < -0.4 is 0 Å². The van der Waals surface area contributed by atoms with Gasteiger partial charge in [0.2, 0.25) is 0 Å². The Hall–Kier alpha value is -1.18. The van der Waals surface area contributed by atoms with E-state index in [2.05, 4.69) is 0 Å². The first kappa shape index (κ1) is 10.3. The van der Waals surface area contributed by atoms with Crippen LogP contribution in [0.25, 0.3) is 0 Å². The van der Waals surface area contributed by atoms with E-state index in [9.17, 15) is 10.2 Å². The smallest absolute Gasteiger partial charge is 0.119 e. The second-order valence-electron chi connectivity index (χ2n) is 4.52. The van der Waals surface area contributed by atoms with Crippen LogP contribution in [0.3, 0.4) is 0 Å². The number of aromatic hydroxyl groups is 2. The van der Waals surface area contributed by atoms with Crippen molar-refractivity contribution in [2.45, 2.75) is 38.5 Å². The van der Waals surface area contributed by atoms with E-state index in [0.717, 1.165) is 12.0 Å². The molecule has 1 aromatic rings. The third-order valence-electron chi connectivity index (χ3n) is 3.30. The molecule has 0 atom stereocenters. The molecule has 1 aliphatic carbocycles. The number of benzene rings is 1. The fraction of sp³-hybridized carbons (Fsp3) is 0.538. The van der Waals surface area contributed by atoms with E-state index in [-0.39, 0.29) is 5.75 Å². The van der Waals surface area contributed by atoms with Gasteiger partial charge in [-0.15, -0.1) is 0 Å². The third-order valence-corrected chi connectivity index (χ3v) is 3.30. The Morgan fingerprint density at radius 3 is 2.53 bits per heavy atom. The Morgan fingerprint density at radius 1 is 1.07 bits per heavy atom. The highest BCUT2D eigenvalue weighted by atomic mass is 16.3. The average Bonchev–Trinajstić information content (AvgIpc) is 2.25. The summed E-state index contributed by atoms with van der Waals surface area (Å²) < 4.78 is 0. The molecular weight excluding hydrogens is 188 g/mol. The molecule has 1 aliphatic rings. The highest BCUT2D eigenvalue weighted by Gasteiger charge is 2.15. The monoisotopic (exact) mass is 206 g/mol. The lowest BCUT2D eigenvalue weighted by atomic mass is 9.84. The lowest BCUT2D eigenvalue weighted by Gasteiger charge is -2.21. The standard InChI is InChI=1S/C13H18O2/c14-12-6-7-13(15)11(9-12)8-10-4-2-1-3-5-10/h6-7,9-10,14-15H,1-5,8H2. The van der Waals surface area contributed by atoms with Gasteiger partial charge >= 0.3 is 0 Å². The van der Waals surface area contributed by atoms with Gasteiger partial charge in [-0.05, 0) is 36.1 Å². The van der Waals surface area contributed by atoms with Gasteiger partial charge in [0.05, 0.1) is 0 Å². The fourth-order valence-electron chi connectivity index (χ4n) is 2.44. The zero-order chi connectivity index (χ0) is 10.7. The van der Waals surface area contributed by atoms with Crippen LogP contribution in [0.4, 0.5) is 0 Å².